The fraction of sp³-hybridized carbons (Fsp3) is 0.250. The van der Waals surface area contributed by atoms with Crippen LogP contribution in [0, 0.1) is 6.92 Å². The number of hydrogen-bond donors (Lipinski definition) is 0. The Labute approximate surface area is 83.5 Å². The van der Waals surface area contributed by atoms with Gasteiger partial charge in [-0.15, -0.1) is 0 Å². The smallest absolute Gasteiger partial charge is 0.137 e. The quantitative estimate of drug-likeness (QED) is 0.721. The van der Waals surface area contributed by atoms with Crippen LogP contribution in [0.1, 0.15) is 18.2 Å². The lowest BCUT2D eigenvalue weighted by molar-refractivity contribution is 0.389. The Morgan fingerprint density at radius 1 is 1.29 bits per heavy atom. The number of aryl methyl sites for hydroxylation is 2. The summed E-state index contributed by atoms with van der Waals surface area (Å²) in [6.45, 7) is 4.13. The average molecular weight is 187 g/mol. The van der Waals surface area contributed by atoms with Crippen LogP contribution >= 0.6 is 0 Å². The molecule has 0 aliphatic rings. The first-order chi connectivity index (χ1) is 6.79. The minimum absolute atomic E-state index is 0.888. The van der Waals surface area contributed by atoms with Crippen LogP contribution in [0.5, 0.6) is 0 Å². The van der Waals surface area contributed by atoms with E-state index < -0.39 is 0 Å². The molecule has 14 heavy (non-hydrogen) atoms. The van der Waals surface area contributed by atoms with Crippen LogP contribution in [-0.2, 0) is 6.42 Å². The number of rotatable bonds is 2. The molecule has 72 valence electrons. The monoisotopic (exact) mass is 187 g/mol. The van der Waals surface area contributed by atoms with Gasteiger partial charge in [0.05, 0.1) is 0 Å². The summed E-state index contributed by atoms with van der Waals surface area (Å²) in [5.74, 6) is 0.932. The maximum absolute atomic E-state index is 5.16. The largest absolute Gasteiger partial charge is 0.361 e. The maximum Gasteiger partial charge on any atom is 0.137 e. The Balaban J connectivity index is 2.39. The van der Waals surface area contributed by atoms with Gasteiger partial charge in [0.25, 0.3) is 0 Å². The van der Waals surface area contributed by atoms with Crippen LogP contribution < -0.4 is 0 Å². The molecule has 0 N–H and O–H groups in total. The second kappa shape index (κ2) is 3.66. The molecule has 0 unspecified atom stereocenters. The Hall–Kier alpha value is -1.57. The van der Waals surface area contributed by atoms with Crippen molar-refractivity contribution in [2.75, 3.05) is 0 Å². The van der Waals surface area contributed by atoms with E-state index in [1.165, 1.54) is 5.56 Å². The maximum atomic E-state index is 5.16. The van der Waals surface area contributed by atoms with Crippen molar-refractivity contribution in [2.24, 2.45) is 0 Å². The van der Waals surface area contributed by atoms with Crippen molar-refractivity contribution >= 4 is 0 Å². The summed E-state index contributed by atoms with van der Waals surface area (Å²) in [5, 5.41) is 4.02. The lowest BCUT2D eigenvalue weighted by atomic mass is 10.1. The summed E-state index contributed by atoms with van der Waals surface area (Å²) in [6.07, 6.45) is 0.888. The molecule has 1 aromatic carbocycles. The molecule has 0 aliphatic heterocycles. The van der Waals surface area contributed by atoms with E-state index in [1.807, 2.05) is 18.2 Å². The van der Waals surface area contributed by atoms with Gasteiger partial charge in [-0.2, -0.15) is 0 Å². The molecule has 2 aromatic rings. The van der Waals surface area contributed by atoms with Gasteiger partial charge in [0.15, 0.2) is 0 Å². The number of aromatic nitrogens is 1. The molecular weight excluding hydrogens is 174 g/mol. The Bertz CT molecular complexity index is 431. The third-order valence-corrected chi connectivity index (χ3v) is 2.22. The second-order valence-corrected chi connectivity index (χ2v) is 3.40. The summed E-state index contributed by atoms with van der Waals surface area (Å²) in [4.78, 5) is 0. The van der Waals surface area contributed by atoms with Crippen molar-refractivity contribution in [1.82, 2.24) is 5.16 Å². The number of nitrogens with zero attached hydrogens (tertiary/aromatic N) is 1. The van der Waals surface area contributed by atoms with E-state index >= 15 is 0 Å². The Kier molecular flexibility index (Phi) is 2.35. The first-order valence-electron chi connectivity index (χ1n) is 4.82. The second-order valence-electron chi connectivity index (χ2n) is 3.40. The van der Waals surface area contributed by atoms with Gasteiger partial charge in [-0.1, -0.05) is 35.8 Å². The van der Waals surface area contributed by atoms with E-state index in [-0.39, 0.29) is 0 Å². The van der Waals surface area contributed by atoms with Gasteiger partial charge in [0, 0.05) is 18.1 Å². The van der Waals surface area contributed by atoms with Crippen molar-refractivity contribution in [2.45, 2.75) is 20.3 Å². The summed E-state index contributed by atoms with van der Waals surface area (Å²) < 4.78 is 5.16. The summed E-state index contributed by atoms with van der Waals surface area (Å²) in [5.41, 5.74) is 3.28. The topological polar surface area (TPSA) is 26.0 Å². The highest BCUT2D eigenvalue weighted by atomic mass is 16.5. The zero-order valence-electron chi connectivity index (χ0n) is 8.45. The molecule has 2 rings (SSSR count). The molecule has 1 heterocycles. The first kappa shape index (κ1) is 9.00. The molecule has 0 bridgehead atoms. The predicted molar refractivity (Wildman–Crippen MR) is 56.1 cm³/mol. The van der Waals surface area contributed by atoms with Crippen molar-refractivity contribution < 1.29 is 4.52 Å². The highest BCUT2D eigenvalue weighted by Gasteiger charge is 2.04. The third kappa shape index (κ3) is 1.69. The minimum atomic E-state index is 0.888. The molecule has 2 nitrogen and oxygen atoms in total. The molecule has 0 spiro atoms. The third-order valence-electron chi connectivity index (χ3n) is 2.22. The van der Waals surface area contributed by atoms with Gasteiger partial charge in [0.1, 0.15) is 11.5 Å². The fourth-order valence-electron chi connectivity index (χ4n) is 1.42. The summed E-state index contributed by atoms with van der Waals surface area (Å²) in [6, 6.07) is 10.3. The van der Waals surface area contributed by atoms with Gasteiger partial charge in [-0.05, 0) is 13.0 Å². The van der Waals surface area contributed by atoms with E-state index in [1.54, 1.807) is 0 Å². The number of benzene rings is 1. The van der Waals surface area contributed by atoms with Crippen LogP contribution in [-0.4, -0.2) is 5.16 Å². The molecule has 1 aromatic heterocycles. The van der Waals surface area contributed by atoms with Gasteiger partial charge in [0.2, 0.25) is 0 Å². The zero-order valence-corrected chi connectivity index (χ0v) is 8.45. The van der Waals surface area contributed by atoms with Crippen molar-refractivity contribution in [3.63, 3.8) is 0 Å². The van der Waals surface area contributed by atoms with Crippen molar-refractivity contribution in [3.8, 4) is 11.3 Å². The standard InChI is InChI=1S/C12H13NO/c1-3-11-8-12(13-14-11)10-6-4-5-9(2)7-10/h4-8H,3H2,1-2H3. The zero-order chi connectivity index (χ0) is 9.97. The van der Waals surface area contributed by atoms with E-state index in [0.29, 0.717) is 0 Å². The molecule has 0 saturated heterocycles. The fourth-order valence-corrected chi connectivity index (χ4v) is 1.42. The van der Waals surface area contributed by atoms with E-state index in [0.717, 1.165) is 23.4 Å². The Morgan fingerprint density at radius 3 is 2.79 bits per heavy atom. The lowest BCUT2D eigenvalue weighted by Crippen LogP contribution is -1.77. The first-order valence-corrected chi connectivity index (χ1v) is 4.82. The van der Waals surface area contributed by atoms with Crippen molar-refractivity contribution in [1.29, 1.82) is 0 Å². The molecule has 0 atom stereocenters. The molecule has 2 heteroatoms. The van der Waals surface area contributed by atoms with Crippen LogP contribution in [0.15, 0.2) is 34.9 Å². The van der Waals surface area contributed by atoms with Crippen LogP contribution in [0.25, 0.3) is 11.3 Å². The predicted octanol–water partition coefficient (Wildman–Crippen LogP) is 3.21. The van der Waals surface area contributed by atoms with Crippen molar-refractivity contribution in [3.05, 3.63) is 41.7 Å². The summed E-state index contributed by atoms with van der Waals surface area (Å²) >= 11 is 0. The molecule has 0 fully saturated rings. The highest BCUT2D eigenvalue weighted by Crippen LogP contribution is 2.20. The van der Waals surface area contributed by atoms with Gasteiger partial charge >= 0.3 is 0 Å². The minimum Gasteiger partial charge on any atom is -0.361 e. The highest BCUT2D eigenvalue weighted by molar-refractivity contribution is 5.59. The van der Waals surface area contributed by atoms with E-state index in [4.69, 9.17) is 4.52 Å². The molecule has 0 aliphatic carbocycles. The van der Waals surface area contributed by atoms with Gasteiger partial charge < -0.3 is 4.52 Å². The van der Waals surface area contributed by atoms with Crippen LogP contribution in [0.3, 0.4) is 0 Å². The van der Waals surface area contributed by atoms with Gasteiger partial charge in [-0.3, -0.25) is 0 Å². The molecule has 0 amide bonds. The molecule has 0 saturated carbocycles. The van der Waals surface area contributed by atoms with E-state index in [9.17, 15) is 0 Å². The molecular formula is C12H13NO. The van der Waals surface area contributed by atoms with Crippen LogP contribution in [0.4, 0.5) is 0 Å². The normalized spacial score (nSPS) is 10.4. The van der Waals surface area contributed by atoms with Crippen LogP contribution in [0.2, 0.25) is 0 Å². The average Bonchev–Trinajstić information content (AvgIpc) is 2.66. The molecule has 0 radical (unpaired) electrons. The lowest BCUT2D eigenvalue weighted by Gasteiger charge is -1.95. The SMILES string of the molecule is CCc1cc(-c2cccc(C)c2)no1. The number of hydrogen-bond acceptors (Lipinski definition) is 2. The Morgan fingerprint density at radius 2 is 2.14 bits per heavy atom. The van der Waals surface area contributed by atoms with E-state index in [2.05, 4.69) is 31.1 Å². The summed E-state index contributed by atoms with van der Waals surface area (Å²) in [7, 11) is 0. The van der Waals surface area contributed by atoms with Gasteiger partial charge in [-0.25, -0.2) is 0 Å².